The molecule has 0 bridgehead atoms. The first-order chi connectivity index (χ1) is 19.9. The van der Waals surface area contributed by atoms with Crippen LogP contribution in [0, 0.1) is 5.41 Å². The lowest BCUT2D eigenvalue weighted by molar-refractivity contribution is 0.408. The summed E-state index contributed by atoms with van der Waals surface area (Å²) >= 11 is 0. The van der Waals surface area contributed by atoms with Crippen LogP contribution in [0.15, 0.2) is 48.5 Å². The molecule has 0 unspecified atom stereocenters. The van der Waals surface area contributed by atoms with Gasteiger partial charge in [-0.2, -0.15) is 0 Å². The van der Waals surface area contributed by atoms with Crippen molar-refractivity contribution in [3.8, 4) is 0 Å². The maximum atomic E-state index is 5.28. The number of unbranched alkanes of at least 4 members (excludes halogenated alkanes) is 8. The Morgan fingerprint density at radius 2 is 1.39 bits per heavy atom. The summed E-state index contributed by atoms with van der Waals surface area (Å²) in [7, 11) is 0. The molecule has 0 aliphatic carbocycles. The van der Waals surface area contributed by atoms with Crippen molar-refractivity contribution in [2.45, 2.75) is 125 Å². The first-order valence-electron chi connectivity index (χ1n) is 16.4. The number of nitrogens with zero attached hydrogens (tertiary/aromatic N) is 3. The second kappa shape index (κ2) is 15.5. The van der Waals surface area contributed by atoms with Crippen LogP contribution < -0.4 is 5.32 Å². The number of imidazole rings is 1. The molecule has 1 N–H and O–H groups in total. The highest BCUT2D eigenvalue weighted by atomic mass is 15.1. The fourth-order valence-electron chi connectivity index (χ4n) is 5.83. The third kappa shape index (κ3) is 9.13. The van der Waals surface area contributed by atoms with Crippen molar-refractivity contribution in [1.82, 2.24) is 19.9 Å². The van der Waals surface area contributed by atoms with E-state index in [0.717, 1.165) is 62.0 Å². The van der Waals surface area contributed by atoms with Gasteiger partial charge in [0, 0.05) is 24.9 Å². The molecule has 2 heterocycles. The number of aromatic nitrogens is 3. The summed E-state index contributed by atoms with van der Waals surface area (Å²) in [5.41, 5.74) is 7.36. The molecule has 41 heavy (non-hydrogen) atoms. The Morgan fingerprint density at radius 3 is 2.10 bits per heavy atom. The molecule has 4 rings (SSSR count). The topological polar surface area (TPSA) is 42.7 Å². The lowest BCUT2D eigenvalue weighted by Gasteiger charge is -2.18. The molecular weight excluding hydrogens is 500 g/mol. The Bertz CT molecular complexity index is 1340. The second-order valence-electron chi connectivity index (χ2n) is 13.2. The third-order valence-electron chi connectivity index (χ3n) is 8.09. The standard InChI is InChI=1S/C37H54N4/c1-6-8-10-11-12-13-14-17-25-38-27-29-21-23-30(24-22-29)28-41-34(20-9-7-2)40-35-33(26-37(3,4)5)39-32-19-16-15-18-31(32)36(35)41/h15-16,18-19,21-24,38H,6-14,17,20,25-28H2,1-5H3. The van der Waals surface area contributed by atoms with E-state index in [1.807, 2.05) is 0 Å². The normalized spacial score (nSPS) is 12.1. The predicted molar refractivity (Wildman–Crippen MR) is 177 cm³/mol. The molecule has 4 aromatic rings. The average Bonchev–Trinajstić information content (AvgIpc) is 3.31. The molecule has 4 nitrogen and oxygen atoms in total. The molecule has 0 aliphatic heterocycles. The molecule has 0 fully saturated rings. The van der Waals surface area contributed by atoms with Gasteiger partial charge in [-0.15, -0.1) is 0 Å². The van der Waals surface area contributed by atoms with Gasteiger partial charge in [0.2, 0.25) is 0 Å². The van der Waals surface area contributed by atoms with Crippen LogP contribution in [0.25, 0.3) is 21.9 Å². The predicted octanol–water partition coefficient (Wildman–Crippen LogP) is 9.79. The van der Waals surface area contributed by atoms with Crippen molar-refractivity contribution in [3.05, 3.63) is 71.2 Å². The lowest BCUT2D eigenvalue weighted by Crippen LogP contribution is -2.14. The summed E-state index contributed by atoms with van der Waals surface area (Å²) < 4.78 is 2.48. The van der Waals surface area contributed by atoms with Crippen LogP contribution in [-0.4, -0.2) is 21.1 Å². The first kappa shape index (κ1) is 31.2. The smallest absolute Gasteiger partial charge is 0.111 e. The van der Waals surface area contributed by atoms with Gasteiger partial charge in [0.15, 0.2) is 0 Å². The highest BCUT2D eigenvalue weighted by Gasteiger charge is 2.22. The zero-order chi connectivity index (χ0) is 29.1. The van der Waals surface area contributed by atoms with Crippen LogP contribution in [0.3, 0.4) is 0 Å². The Hall–Kier alpha value is -2.72. The maximum Gasteiger partial charge on any atom is 0.111 e. The largest absolute Gasteiger partial charge is 0.323 e. The molecular formula is C37H54N4. The fraction of sp³-hybridized carbons (Fsp3) is 0.568. The Balaban J connectivity index is 1.46. The van der Waals surface area contributed by atoms with Crippen LogP contribution in [0.2, 0.25) is 0 Å². The van der Waals surface area contributed by atoms with E-state index in [4.69, 9.17) is 9.97 Å². The Morgan fingerprint density at radius 1 is 0.732 bits per heavy atom. The summed E-state index contributed by atoms with van der Waals surface area (Å²) in [4.78, 5) is 10.4. The minimum atomic E-state index is 0.147. The molecule has 0 atom stereocenters. The van der Waals surface area contributed by atoms with Gasteiger partial charge in [-0.1, -0.05) is 128 Å². The van der Waals surface area contributed by atoms with E-state index in [9.17, 15) is 0 Å². The average molecular weight is 555 g/mol. The van der Waals surface area contributed by atoms with Gasteiger partial charge in [-0.3, -0.25) is 4.98 Å². The second-order valence-corrected chi connectivity index (χ2v) is 13.2. The quantitative estimate of drug-likeness (QED) is 0.132. The number of nitrogens with one attached hydrogen (secondary N) is 1. The molecule has 0 spiro atoms. The summed E-state index contributed by atoms with van der Waals surface area (Å²) in [5, 5.41) is 4.86. The monoisotopic (exact) mass is 554 g/mol. The Kier molecular flexibility index (Phi) is 11.8. The lowest BCUT2D eigenvalue weighted by atomic mass is 9.89. The highest BCUT2D eigenvalue weighted by molar-refractivity contribution is 6.03. The number of aryl methyl sites for hydroxylation is 1. The molecule has 0 aliphatic rings. The van der Waals surface area contributed by atoms with Gasteiger partial charge in [-0.05, 0) is 48.4 Å². The van der Waals surface area contributed by atoms with Gasteiger partial charge in [0.1, 0.15) is 11.3 Å². The Labute approximate surface area is 249 Å². The van der Waals surface area contributed by atoms with Crippen molar-refractivity contribution in [1.29, 1.82) is 0 Å². The molecule has 0 radical (unpaired) electrons. The van der Waals surface area contributed by atoms with Crippen molar-refractivity contribution >= 4 is 21.9 Å². The van der Waals surface area contributed by atoms with Crippen molar-refractivity contribution in [3.63, 3.8) is 0 Å². The van der Waals surface area contributed by atoms with Crippen molar-refractivity contribution in [2.24, 2.45) is 5.41 Å². The molecule has 222 valence electrons. The summed E-state index contributed by atoms with van der Waals surface area (Å²) in [6, 6.07) is 17.8. The van der Waals surface area contributed by atoms with Gasteiger partial charge in [-0.25, -0.2) is 4.98 Å². The zero-order valence-corrected chi connectivity index (χ0v) is 26.6. The number of hydrogen-bond donors (Lipinski definition) is 1. The molecule has 0 amide bonds. The number of fused-ring (bicyclic) bond motifs is 3. The summed E-state index contributed by atoms with van der Waals surface area (Å²) in [5.74, 6) is 1.19. The summed E-state index contributed by atoms with van der Waals surface area (Å²) in [6.07, 6.45) is 15.2. The number of hydrogen-bond acceptors (Lipinski definition) is 3. The molecule has 2 aromatic carbocycles. The van der Waals surface area contributed by atoms with Crippen LogP contribution >= 0.6 is 0 Å². The van der Waals surface area contributed by atoms with Crippen LogP contribution in [0.5, 0.6) is 0 Å². The van der Waals surface area contributed by atoms with E-state index in [0.29, 0.717) is 0 Å². The van der Waals surface area contributed by atoms with Gasteiger partial charge in [0.05, 0.1) is 16.7 Å². The number of rotatable bonds is 17. The minimum Gasteiger partial charge on any atom is -0.323 e. The van der Waals surface area contributed by atoms with Gasteiger partial charge < -0.3 is 9.88 Å². The van der Waals surface area contributed by atoms with Crippen molar-refractivity contribution in [2.75, 3.05) is 6.54 Å². The fourth-order valence-corrected chi connectivity index (χ4v) is 5.83. The molecule has 0 saturated carbocycles. The number of para-hydroxylation sites is 1. The number of benzene rings is 2. The third-order valence-corrected chi connectivity index (χ3v) is 8.09. The molecule has 2 aromatic heterocycles. The SMILES string of the molecule is CCCCCCCCCCNCc1ccc(Cn2c(CCCC)nc3c(CC(C)(C)C)nc4ccccc4c32)cc1. The van der Waals surface area contributed by atoms with E-state index in [-0.39, 0.29) is 5.41 Å². The van der Waals surface area contributed by atoms with Gasteiger partial charge >= 0.3 is 0 Å². The summed E-state index contributed by atoms with van der Waals surface area (Å²) in [6.45, 7) is 14.3. The van der Waals surface area contributed by atoms with Crippen LogP contribution in [-0.2, 0) is 25.9 Å². The van der Waals surface area contributed by atoms with Crippen LogP contribution in [0.4, 0.5) is 0 Å². The van der Waals surface area contributed by atoms with E-state index in [1.165, 1.54) is 79.2 Å². The number of pyridine rings is 1. The van der Waals surface area contributed by atoms with Crippen LogP contribution in [0.1, 0.15) is 121 Å². The zero-order valence-electron chi connectivity index (χ0n) is 26.6. The van der Waals surface area contributed by atoms with Gasteiger partial charge in [0.25, 0.3) is 0 Å². The highest BCUT2D eigenvalue weighted by Crippen LogP contribution is 2.32. The van der Waals surface area contributed by atoms with E-state index >= 15 is 0 Å². The maximum absolute atomic E-state index is 5.28. The van der Waals surface area contributed by atoms with E-state index in [1.54, 1.807) is 0 Å². The van der Waals surface area contributed by atoms with E-state index < -0.39 is 0 Å². The molecule has 0 saturated heterocycles. The molecule has 4 heteroatoms. The van der Waals surface area contributed by atoms with Crippen molar-refractivity contribution < 1.29 is 0 Å². The van der Waals surface area contributed by atoms with E-state index in [2.05, 4.69) is 93.0 Å². The minimum absolute atomic E-state index is 0.147. The first-order valence-corrected chi connectivity index (χ1v) is 16.4.